The summed E-state index contributed by atoms with van der Waals surface area (Å²) in [5, 5.41) is 12.0. The lowest BCUT2D eigenvalue weighted by molar-refractivity contribution is -0.132. The molecule has 0 bridgehead atoms. The van der Waals surface area contributed by atoms with Crippen molar-refractivity contribution in [1.82, 2.24) is 0 Å². The molecule has 7 heteroatoms. The number of rotatable bonds is 4. The number of hydrogen-bond donors (Lipinski definition) is 1. The summed E-state index contributed by atoms with van der Waals surface area (Å²) in [6.45, 7) is 7.90. The highest BCUT2D eigenvalue weighted by Crippen LogP contribution is 2.45. The number of aliphatic hydroxyl groups excluding tert-OH is 1. The summed E-state index contributed by atoms with van der Waals surface area (Å²) in [5.41, 5.74) is 2.06. The van der Waals surface area contributed by atoms with E-state index in [2.05, 4.69) is 0 Å². The molecule has 1 aliphatic heterocycles. The second-order valence-electron chi connectivity index (χ2n) is 9.23. The molecule has 176 valence electrons. The number of hydrogen-bond acceptors (Lipinski definition) is 5. The third-order valence-corrected chi connectivity index (χ3v) is 6.49. The summed E-state index contributed by atoms with van der Waals surface area (Å²) >= 11 is 6.32. The van der Waals surface area contributed by atoms with E-state index in [9.17, 15) is 14.7 Å². The summed E-state index contributed by atoms with van der Waals surface area (Å²) in [7, 11) is 1.49. The molecular weight excluding hydrogens is 454 g/mol. The van der Waals surface area contributed by atoms with E-state index in [1.165, 1.54) is 18.3 Å². The quantitative estimate of drug-likeness (QED) is 0.275. The molecule has 1 unspecified atom stereocenters. The lowest BCUT2D eigenvalue weighted by Gasteiger charge is -2.25. The van der Waals surface area contributed by atoms with Crippen molar-refractivity contribution in [3.05, 3.63) is 87.8 Å². The number of Topliss-reactive ketones (excluding diaryl/α,β-unsaturated/α-hetero) is 1. The van der Waals surface area contributed by atoms with E-state index in [0.717, 1.165) is 5.56 Å². The number of amides is 1. The Hall–Kier alpha value is -3.51. The molecule has 1 aromatic heterocycles. The highest BCUT2D eigenvalue weighted by molar-refractivity contribution is 6.52. The number of halogens is 1. The molecule has 6 nitrogen and oxygen atoms in total. The lowest BCUT2D eigenvalue weighted by atomic mass is 9.85. The van der Waals surface area contributed by atoms with E-state index in [1.54, 1.807) is 49.4 Å². The summed E-state index contributed by atoms with van der Waals surface area (Å²) in [6, 6.07) is 12.9. The Bertz CT molecular complexity index is 1300. The summed E-state index contributed by atoms with van der Waals surface area (Å²) in [5.74, 6) is -1.20. The molecule has 3 aromatic rings. The predicted molar refractivity (Wildman–Crippen MR) is 131 cm³/mol. The van der Waals surface area contributed by atoms with E-state index >= 15 is 0 Å². The smallest absolute Gasteiger partial charge is 0.300 e. The maximum atomic E-state index is 13.4. The van der Waals surface area contributed by atoms with Gasteiger partial charge in [-0.25, -0.2) is 0 Å². The van der Waals surface area contributed by atoms with Crippen LogP contribution in [0.2, 0.25) is 5.02 Å². The molecular formula is C27H26ClNO5. The van der Waals surface area contributed by atoms with Crippen LogP contribution in [-0.2, 0) is 15.0 Å². The highest BCUT2D eigenvalue weighted by atomic mass is 35.5. The van der Waals surface area contributed by atoms with Crippen LogP contribution in [0.25, 0.3) is 5.76 Å². The zero-order chi connectivity index (χ0) is 24.8. The Kier molecular flexibility index (Phi) is 6.04. The minimum atomic E-state index is -0.977. The molecule has 0 aliphatic carbocycles. The van der Waals surface area contributed by atoms with Crippen molar-refractivity contribution in [2.24, 2.45) is 0 Å². The third kappa shape index (κ3) is 3.88. The Morgan fingerprint density at radius 1 is 1.12 bits per heavy atom. The van der Waals surface area contributed by atoms with Gasteiger partial charge in [0.25, 0.3) is 11.7 Å². The fraction of sp³-hybridized carbons (Fsp3) is 0.259. The molecule has 2 heterocycles. The van der Waals surface area contributed by atoms with Gasteiger partial charge in [-0.15, -0.1) is 0 Å². The molecule has 1 atom stereocenters. The van der Waals surface area contributed by atoms with Gasteiger partial charge in [0.2, 0.25) is 0 Å². The van der Waals surface area contributed by atoms with Crippen molar-refractivity contribution >= 4 is 34.7 Å². The van der Waals surface area contributed by atoms with Crippen molar-refractivity contribution in [3.63, 3.8) is 0 Å². The van der Waals surface area contributed by atoms with Crippen LogP contribution >= 0.6 is 11.6 Å². The molecule has 1 aliphatic rings. The van der Waals surface area contributed by atoms with Crippen molar-refractivity contribution in [2.75, 3.05) is 12.0 Å². The summed E-state index contributed by atoms with van der Waals surface area (Å²) in [4.78, 5) is 28.0. The van der Waals surface area contributed by atoms with Gasteiger partial charge in [-0.2, -0.15) is 0 Å². The van der Waals surface area contributed by atoms with Crippen molar-refractivity contribution < 1.29 is 23.8 Å². The Balaban J connectivity index is 2.00. The molecule has 1 N–H and O–H groups in total. The van der Waals surface area contributed by atoms with Crippen LogP contribution in [0, 0.1) is 6.92 Å². The van der Waals surface area contributed by atoms with Crippen LogP contribution in [0.1, 0.15) is 49.3 Å². The Labute approximate surface area is 203 Å². The first-order chi connectivity index (χ1) is 16.1. The number of carbonyl (C=O) groups excluding carboxylic acids is 2. The molecule has 1 amide bonds. The van der Waals surface area contributed by atoms with Gasteiger partial charge < -0.3 is 14.3 Å². The second-order valence-corrected chi connectivity index (χ2v) is 9.64. The highest BCUT2D eigenvalue weighted by Gasteiger charge is 2.49. The van der Waals surface area contributed by atoms with Crippen molar-refractivity contribution in [2.45, 2.75) is 39.2 Å². The largest absolute Gasteiger partial charge is 0.507 e. The minimum Gasteiger partial charge on any atom is -0.507 e. The summed E-state index contributed by atoms with van der Waals surface area (Å²) in [6.07, 6.45) is 1.46. The van der Waals surface area contributed by atoms with E-state index < -0.39 is 17.7 Å². The molecule has 1 fully saturated rings. The van der Waals surface area contributed by atoms with Crippen LogP contribution in [0.5, 0.6) is 5.75 Å². The topological polar surface area (TPSA) is 80.0 Å². The molecule has 0 radical (unpaired) electrons. The fourth-order valence-electron chi connectivity index (χ4n) is 4.16. The van der Waals surface area contributed by atoms with Crippen molar-refractivity contribution in [3.8, 4) is 5.75 Å². The number of carbonyl (C=O) groups is 2. The van der Waals surface area contributed by atoms with Gasteiger partial charge in [0.15, 0.2) is 0 Å². The first-order valence-corrected chi connectivity index (χ1v) is 11.2. The van der Waals surface area contributed by atoms with Gasteiger partial charge in [0, 0.05) is 10.7 Å². The van der Waals surface area contributed by atoms with Crippen LogP contribution in [0.15, 0.2) is 64.8 Å². The maximum Gasteiger partial charge on any atom is 0.300 e. The zero-order valence-corrected chi connectivity index (χ0v) is 20.4. The number of methoxy groups -OCH3 is 1. The monoisotopic (exact) mass is 479 g/mol. The third-order valence-electron chi connectivity index (χ3n) is 6.08. The van der Waals surface area contributed by atoms with Gasteiger partial charge in [-0.3, -0.25) is 14.5 Å². The van der Waals surface area contributed by atoms with Crippen LogP contribution in [0.3, 0.4) is 0 Å². The molecule has 0 saturated carbocycles. The average molecular weight is 480 g/mol. The van der Waals surface area contributed by atoms with Gasteiger partial charge in [-0.1, -0.05) is 44.5 Å². The van der Waals surface area contributed by atoms with Crippen LogP contribution in [-0.4, -0.2) is 23.9 Å². The molecule has 1 saturated heterocycles. The number of anilines is 1. The number of furan rings is 1. The maximum absolute atomic E-state index is 13.4. The normalized spacial score (nSPS) is 17.9. The Morgan fingerprint density at radius 3 is 2.47 bits per heavy atom. The van der Waals surface area contributed by atoms with Gasteiger partial charge in [0.05, 0.1) is 24.5 Å². The molecule has 34 heavy (non-hydrogen) atoms. The SMILES string of the molecule is COc1ccc(C(C)(C)C)cc1/C(O)=C1\C(=O)C(=O)N(c2cccc(Cl)c2C)C1c1ccco1. The van der Waals surface area contributed by atoms with E-state index in [0.29, 0.717) is 33.3 Å². The number of ketones is 1. The number of aliphatic hydroxyl groups is 1. The van der Waals surface area contributed by atoms with Gasteiger partial charge >= 0.3 is 0 Å². The average Bonchev–Trinajstić information content (AvgIpc) is 3.41. The predicted octanol–water partition coefficient (Wildman–Crippen LogP) is 6.17. The first kappa shape index (κ1) is 23.6. The standard InChI is InChI=1S/C27H26ClNO5/c1-15-18(28)8-6-9-19(15)29-23(21-10-7-13-34-21)22(25(31)26(29)32)24(30)17-14-16(27(2,3)4)11-12-20(17)33-5/h6-14,23,30H,1-5H3/b24-22+. The number of nitrogens with zero attached hydrogens (tertiary/aromatic N) is 1. The molecule has 2 aromatic carbocycles. The van der Waals surface area contributed by atoms with Gasteiger partial charge in [-0.05, 0) is 59.9 Å². The fourth-order valence-corrected chi connectivity index (χ4v) is 4.33. The summed E-state index contributed by atoms with van der Waals surface area (Å²) < 4.78 is 11.1. The second kappa shape index (κ2) is 8.69. The van der Waals surface area contributed by atoms with E-state index in [1.807, 2.05) is 26.8 Å². The van der Waals surface area contributed by atoms with Crippen LogP contribution < -0.4 is 9.64 Å². The van der Waals surface area contributed by atoms with Gasteiger partial charge in [0.1, 0.15) is 23.3 Å². The molecule has 4 rings (SSSR count). The number of benzene rings is 2. The van der Waals surface area contributed by atoms with E-state index in [-0.39, 0.29) is 16.7 Å². The Morgan fingerprint density at radius 2 is 1.85 bits per heavy atom. The zero-order valence-electron chi connectivity index (χ0n) is 19.7. The number of ether oxygens (including phenoxy) is 1. The van der Waals surface area contributed by atoms with E-state index in [4.69, 9.17) is 20.8 Å². The first-order valence-electron chi connectivity index (χ1n) is 10.8. The van der Waals surface area contributed by atoms with Crippen LogP contribution in [0.4, 0.5) is 5.69 Å². The minimum absolute atomic E-state index is 0.0799. The molecule has 0 spiro atoms. The lowest BCUT2D eigenvalue weighted by Crippen LogP contribution is -2.30. The van der Waals surface area contributed by atoms with Crippen molar-refractivity contribution in [1.29, 1.82) is 0 Å².